The van der Waals surface area contributed by atoms with Crippen LogP contribution in [0, 0.1) is 13.8 Å². The molecule has 0 fully saturated rings. The molecule has 0 saturated heterocycles. The van der Waals surface area contributed by atoms with Crippen molar-refractivity contribution in [1.29, 1.82) is 0 Å². The maximum absolute atomic E-state index is 13.0. The molecular formula is C39H54N10O7. The fourth-order valence-corrected chi connectivity index (χ4v) is 5.43. The van der Waals surface area contributed by atoms with E-state index in [1.807, 2.05) is 55.1 Å². The van der Waals surface area contributed by atoms with Crippen LogP contribution in [0.3, 0.4) is 0 Å². The fourth-order valence-electron chi connectivity index (χ4n) is 5.43. The Morgan fingerprint density at radius 3 is 1.64 bits per heavy atom. The van der Waals surface area contributed by atoms with E-state index in [9.17, 15) is 19.2 Å². The van der Waals surface area contributed by atoms with E-state index in [1.54, 1.807) is 12.1 Å². The fraction of sp³-hybridized carbons (Fsp3) is 0.487. The van der Waals surface area contributed by atoms with E-state index in [0.717, 1.165) is 22.2 Å². The van der Waals surface area contributed by atoms with Crippen molar-refractivity contribution in [3.05, 3.63) is 59.9 Å². The zero-order valence-electron chi connectivity index (χ0n) is 32.3. The van der Waals surface area contributed by atoms with Gasteiger partial charge in [0, 0.05) is 74.1 Å². The summed E-state index contributed by atoms with van der Waals surface area (Å²) in [6.45, 7) is 8.22. The Morgan fingerprint density at radius 1 is 0.571 bits per heavy atom. The molecule has 302 valence electrons. The van der Waals surface area contributed by atoms with Gasteiger partial charge in [0.15, 0.2) is 11.3 Å². The van der Waals surface area contributed by atoms with Crippen molar-refractivity contribution >= 4 is 57.3 Å². The lowest BCUT2D eigenvalue weighted by Gasteiger charge is -2.22. The summed E-state index contributed by atoms with van der Waals surface area (Å²) in [5.74, 6) is -0.00521. The van der Waals surface area contributed by atoms with Gasteiger partial charge in [-0.05, 0) is 81.8 Å². The third-order valence-corrected chi connectivity index (χ3v) is 8.34. The summed E-state index contributed by atoms with van der Waals surface area (Å²) in [4.78, 5) is 70.2. The average Bonchev–Trinajstić information content (AvgIpc) is 3.17. The Labute approximate surface area is 326 Å². The third kappa shape index (κ3) is 16.7. The molecule has 0 aromatic carbocycles. The molecule has 0 radical (unpaired) electrons. The number of aryl methyl sites for hydroxylation is 2. The molecule has 0 atom stereocenters. The van der Waals surface area contributed by atoms with Gasteiger partial charge in [-0.25, -0.2) is 19.9 Å². The summed E-state index contributed by atoms with van der Waals surface area (Å²) < 4.78 is 15.8. The van der Waals surface area contributed by atoms with Gasteiger partial charge >= 0.3 is 0 Å². The number of nitrogens with two attached hydrogens (primary N) is 1. The van der Waals surface area contributed by atoms with E-state index >= 15 is 0 Å². The Bertz CT molecular complexity index is 1780. The van der Waals surface area contributed by atoms with E-state index in [0.29, 0.717) is 101 Å². The van der Waals surface area contributed by atoms with Crippen LogP contribution in [0.5, 0.6) is 0 Å². The molecule has 6 N–H and O–H groups in total. The number of aromatic nitrogens is 4. The van der Waals surface area contributed by atoms with Gasteiger partial charge in [-0.2, -0.15) is 0 Å². The molecule has 0 saturated carbocycles. The number of ether oxygens (including phenoxy) is 3. The van der Waals surface area contributed by atoms with Gasteiger partial charge in [-0.1, -0.05) is 0 Å². The lowest BCUT2D eigenvalue weighted by Crippen LogP contribution is -2.34. The minimum absolute atomic E-state index is 0.0892. The van der Waals surface area contributed by atoms with Crippen molar-refractivity contribution in [2.24, 2.45) is 5.73 Å². The van der Waals surface area contributed by atoms with E-state index < -0.39 is 0 Å². The lowest BCUT2D eigenvalue weighted by atomic mass is 10.2. The Morgan fingerprint density at radius 2 is 1.07 bits per heavy atom. The summed E-state index contributed by atoms with van der Waals surface area (Å²) in [6, 6.07) is 14.9. The number of rotatable bonds is 26. The zero-order chi connectivity index (χ0) is 40.0. The normalized spacial score (nSPS) is 11.2. The monoisotopic (exact) mass is 774 g/mol. The van der Waals surface area contributed by atoms with Crippen LogP contribution in [0.1, 0.15) is 43.5 Å². The number of amides is 4. The Kier molecular flexibility index (Phi) is 18.9. The first-order valence-corrected chi connectivity index (χ1v) is 19.0. The SMILES string of the molecule is Cc1ccc2ccc(NC(=O)CCN(CCCNC(=O)CCCNC(=O)COCCOCCOCCN)CCC(=O)Nc3ccc4ccc(C)nc4n3)nc2n1. The number of hydrogen-bond acceptors (Lipinski definition) is 13. The van der Waals surface area contributed by atoms with Crippen molar-refractivity contribution in [1.82, 2.24) is 35.5 Å². The van der Waals surface area contributed by atoms with Crippen LogP contribution in [-0.2, 0) is 33.4 Å². The van der Waals surface area contributed by atoms with Crippen molar-refractivity contribution in [2.75, 3.05) is 89.5 Å². The molecular weight excluding hydrogens is 720 g/mol. The molecule has 0 aliphatic carbocycles. The summed E-state index contributed by atoms with van der Waals surface area (Å²) in [7, 11) is 0. The largest absolute Gasteiger partial charge is 0.378 e. The Balaban J connectivity index is 1.16. The molecule has 0 unspecified atom stereocenters. The topological polar surface area (TPSA) is 225 Å². The highest BCUT2D eigenvalue weighted by Crippen LogP contribution is 2.15. The number of carbonyl (C=O) groups is 4. The van der Waals surface area contributed by atoms with Gasteiger partial charge in [-0.15, -0.1) is 0 Å². The van der Waals surface area contributed by atoms with Crippen molar-refractivity contribution in [2.45, 2.75) is 46.0 Å². The van der Waals surface area contributed by atoms with E-state index in [2.05, 4.69) is 41.2 Å². The second-order valence-electron chi connectivity index (χ2n) is 13.1. The minimum Gasteiger partial charge on any atom is -0.378 e. The van der Waals surface area contributed by atoms with E-state index in [-0.39, 0.29) is 56.1 Å². The maximum Gasteiger partial charge on any atom is 0.245 e. The molecule has 4 rings (SSSR count). The second kappa shape index (κ2) is 24.3. The first-order chi connectivity index (χ1) is 27.2. The lowest BCUT2D eigenvalue weighted by molar-refractivity contribution is -0.126. The van der Waals surface area contributed by atoms with Gasteiger partial charge in [0.05, 0.1) is 33.0 Å². The van der Waals surface area contributed by atoms with Crippen LogP contribution in [0.15, 0.2) is 48.5 Å². The molecule has 4 aromatic heterocycles. The number of pyridine rings is 4. The van der Waals surface area contributed by atoms with Gasteiger partial charge in [-0.3, -0.25) is 19.2 Å². The van der Waals surface area contributed by atoms with Crippen LogP contribution < -0.4 is 27.0 Å². The number of fused-ring (bicyclic) bond motifs is 2. The highest BCUT2D eigenvalue weighted by atomic mass is 16.5. The highest BCUT2D eigenvalue weighted by Gasteiger charge is 2.14. The zero-order valence-corrected chi connectivity index (χ0v) is 32.3. The third-order valence-electron chi connectivity index (χ3n) is 8.34. The summed E-state index contributed by atoms with van der Waals surface area (Å²) >= 11 is 0. The summed E-state index contributed by atoms with van der Waals surface area (Å²) in [6.07, 6.45) is 1.66. The van der Waals surface area contributed by atoms with Gasteiger partial charge < -0.3 is 46.1 Å². The molecule has 4 heterocycles. The molecule has 0 aliphatic rings. The predicted octanol–water partition coefficient (Wildman–Crippen LogP) is 2.26. The van der Waals surface area contributed by atoms with Crippen molar-refractivity contribution in [3.63, 3.8) is 0 Å². The molecule has 4 aromatic rings. The number of carbonyl (C=O) groups excluding carboxylic acids is 4. The van der Waals surface area contributed by atoms with Crippen LogP contribution in [0.2, 0.25) is 0 Å². The maximum atomic E-state index is 13.0. The molecule has 4 amide bonds. The number of nitrogens with one attached hydrogen (secondary N) is 4. The van der Waals surface area contributed by atoms with Crippen LogP contribution in [0.4, 0.5) is 11.6 Å². The number of anilines is 2. The van der Waals surface area contributed by atoms with Gasteiger partial charge in [0.1, 0.15) is 18.2 Å². The molecule has 0 bridgehead atoms. The minimum atomic E-state index is -0.264. The molecule has 0 aliphatic heterocycles. The number of hydrogen-bond donors (Lipinski definition) is 5. The second-order valence-corrected chi connectivity index (χ2v) is 13.1. The van der Waals surface area contributed by atoms with Crippen LogP contribution in [-0.4, -0.2) is 127 Å². The molecule has 0 spiro atoms. The first-order valence-electron chi connectivity index (χ1n) is 19.0. The number of nitrogens with zero attached hydrogens (tertiary/aromatic N) is 5. The van der Waals surface area contributed by atoms with E-state index in [4.69, 9.17) is 19.9 Å². The van der Waals surface area contributed by atoms with Crippen LogP contribution >= 0.6 is 0 Å². The predicted molar refractivity (Wildman–Crippen MR) is 213 cm³/mol. The van der Waals surface area contributed by atoms with Crippen molar-refractivity contribution in [3.8, 4) is 0 Å². The quantitative estimate of drug-likeness (QED) is 0.0578. The highest BCUT2D eigenvalue weighted by molar-refractivity contribution is 5.92. The average molecular weight is 775 g/mol. The van der Waals surface area contributed by atoms with Gasteiger partial charge in [0.25, 0.3) is 0 Å². The smallest absolute Gasteiger partial charge is 0.245 e. The Hall–Kier alpha value is -5.20. The van der Waals surface area contributed by atoms with E-state index in [1.165, 1.54) is 0 Å². The standard InChI is InChI=1S/C39H54N10O7/c1-28-6-8-30-10-12-32(47-38(30)43-28)45-35(51)14-20-49(21-15-36(52)46-33-13-11-31-9-7-29(2)44-39(31)48-33)19-4-18-41-34(50)5-3-17-42-37(53)27-56-26-25-55-24-23-54-22-16-40/h6-13H,3-5,14-27,40H2,1-2H3,(H,41,50)(H,42,53)(H,43,45,47,51)(H,44,46,48,52). The molecule has 17 heteroatoms. The molecule has 56 heavy (non-hydrogen) atoms. The van der Waals surface area contributed by atoms with Crippen LogP contribution in [0.25, 0.3) is 22.1 Å². The summed E-state index contributed by atoms with van der Waals surface area (Å²) in [5.41, 5.74) is 8.12. The molecule has 17 nitrogen and oxygen atoms in total. The first kappa shape index (κ1) is 43.5. The van der Waals surface area contributed by atoms with Gasteiger partial charge in [0.2, 0.25) is 23.6 Å². The summed E-state index contributed by atoms with van der Waals surface area (Å²) in [5, 5.41) is 13.1. The van der Waals surface area contributed by atoms with Crippen molar-refractivity contribution < 1.29 is 33.4 Å².